The first-order valence-corrected chi connectivity index (χ1v) is 8.99. The summed E-state index contributed by atoms with van der Waals surface area (Å²) in [5.74, 6) is -1.20. The number of nitrogens with zero attached hydrogens (tertiary/aromatic N) is 1. The lowest BCUT2D eigenvalue weighted by Gasteiger charge is -2.33. The number of aliphatic carboxylic acids is 1. The van der Waals surface area contributed by atoms with Crippen LogP contribution in [-0.4, -0.2) is 46.9 Å². The molecule has 2 rings (SSSR count). The highest BCUT2D eigenvalue weighted by Gasteiger charge is 2.37. The van der Waals surface area contributed by atoms with Crippen LogP contribution in [0.5, 0.6) is 0 Å². The predicted octanol–water partition coefficient (Wildman–Crippen LogP) is 2.03. The number of likely N-dealkylation sites (tertiary alicyclic amines) is 1. The topological polar surface area (TPSA) is 86.7 Å². The van der Waals surface area contributed by atoms with E-state index in [4.69, 9.17) is 0 Å². The van der Waals surface area contributed by atoms with Gasteiger partial charge in [0.05, 0.1) is 5.92 Å². The van der Waals surface area contributed by atoms with Gasteiger partial charge in [0, 0.05) is 19.0 Å². The van der Waals surface area contributed by atoms with Crippen LogP contribution in [0.15, 0.2) is 0 Å². The number of carbonyl (C=O) groups excluding carboxylic acids is 2. The van der Waals surface area contributed by atoms with Crippen LogP contribution in [-0.2, 0) is 14.4 Å². The zero-order valence-corrected chi connectivity index (χ0v) is 15.0. The van der Waals surface area contributed by atoms with Gasteiger partial charge in [-0.05, 0) is 43.9 Å². The lowest BCUT2D eigenvalue weighted by Crippen LogP contribution is -2.49. The fraction of sp³-hybridized carbons (Fsp3) is 0.833. The van der Waals surface area contributed by atoms with E-state index in [1.165, 1.54) is 0 Å². The van der Waals surface area contributed by atoms with Crippen molar-refractivity contribution in [3.8, 4) is 0 Å². The normalized spacial score (nSPS) is 22.8. The van der Waals surface area contributed by atoms with E-state index < -0.39 is 12.0 Å². The number of piperidine rings is 1. The molecule has 1 aliphatic carbocycles. The smallest absolute Gasteiger partial charge is 0.326 e. The largest absolute Gasteiger partial charge is 0.480 e. The van der Waals surface area contributed by atoms with Crippen molar-refractivity contribution < 1.29 is 19.5 Å². The van der Waals surface area contributed by atoms with Crippen molar-refractivity contribution in [1.29, 1.82) is 0 Å². The SMILES string of the molecule is CC(C)(C)CCC(NC(=O)C1CCCN(C(=O)C2CC2)C1)C(=O)O. The van der Waals surface area contributed by atoms with Gasteiger partial charge >= 0.3 is 5.97 Å². The second-order valence-corrected chi connectivity index (χ2v) is 8.40. The summed E-state index contributed by atoms with van der Waals surface area (Å²) in [6.07, 6.45) is 4.57. The molecule has 1 heterocycles. The number of carboxylic acid groups (broad SMARTS) is 1. The predicted molar refractivity (Wildman–Crippen MR) is 90.3 cm³/mol. The van der Waals surface area contributed by atoms with Gasteiger partial charge in [0.2, 0.25) is 11.8 Å². The Bertz CT molecular complexity index is 494. The first-order chi connectivity index (χ1) is 11.2. The van der Waals surface area contributed by atoms with Gasteiger partial charge in [0.15, 0.2) is 0 Å². The average Bonchev–Trinajstić information content (AvgIpc) is 3.34. The number of hydrogen-bond acceptors (Lipinski definition) is 3. The highest BCUT2D eigenvalue weighted by Crippen LogP contribution is 2.32. The summed E-state index contributed by atoms with van der Waals surface area (Å²) in [5.41, 5.74) is 0.0246. The summed E-state index contributed by atoms with van der Waals surface area (Å²) in [4.78, 5) is 37.9. The van der Waals surface area contributed by atoms with Crippen LogP contribution in [0.4, 0.5) is 0 Å². The number of nitrogens with one attached hydrogen (secondary N) is 1. The van der Waals surface area contributed by atoms with Crippen molar-refractivity contribution in [3.63, 3.8) is 0 Å². The van der Waals surface area contributed by atoms with Crippen LogP contribution in [0.25, 0.3) is 0 Å². The fourth-order valence-corrected chi connectivity index (χ4v) is 3.10. The Kier molecular flexibility index (Phi) is 5.88. The summed E-state index contributed by atoms with van der Waals surface area (Å²) in [5, 5.41) is 12.0. The molecule has 0 bridgehead atoms. The summed E-state index contributed by atoms with van der Waals surface area (Å²) in [7, 11) is 0. The van der Waals surface area contributed by atoms with Gasteiger partial charge < -0.3 is 15.3 Å². The van der Waals surface area contributed by atoms with Gasteiger partial charge in [-0.1, -0.05) is 20.8 Å². The highest BCUT2D eigenvalue weighted by atomic mass is 16.4. The molecule has 2 N–H and O–H groups in total. The number of carboxylic acids is 1. The molecular weight excluding hydrogens is 308 g/mol. The van der Waals surface area contributed by atoms with E-state index in [1.807, 2.05) is 0 Å². The molecule has 6 nitrogen and oxygen atoms in total. The molecule has 2 atom stereocenters. The van der Waals surface area contributed by atoms with Gasteiger partial charge in [-0.3, -0.25) is 9.59 Å². The average molecular weight is 338 g/mol. The maximum absolute atomic E-state index is 12.5. The summed E-state index contributed by atoms with van der Waals surface area (Å²) in [6, 6.07) is -0.855. The van der Waals surface area contributed by atoms with E-state index >= 15 is 0 Å². The third-order valence-corrected chi connectivity index (χ3v) is 4.83. The summed E-state index contributed by atoms with van der Waals surface area (Å²) < 4.78 is 0. The van der Waals surface area contributed by atoms with E-state index in [0.717, 1.165) is 25.7 Å². The first-order valence-electron chi connectivity index (χ1n) is 8.99. The van der Waals surface area contributed by atoms with Crippen LogP contribution in [0, 0.1) is 17.3 Å². The van der Waals surface area contributed by atoms with Crippen LogP contribution >= 0.6 is 0 Å². The minimum atomic E-state index is -0.991. The molecule has 0 aromatic carbocycles. The van der Waals surface area contributed by atoms with Crippen molar-refractivity contribution in [2.24, 2.45) is 17.3 Å². The molecular formula is C18H30N2O4. The van der Waals surface area contributed by atoms with Crippen molar-refractivity contribution in [1.82, 2.24) is 10.2 Å². The number of rotatable bonds is 6. The molecule has 2 unspecified atom stereocenters. The molecule has 24 heavy (non-hydrogen) atoms. The maximum atomic E-state index is 12.5. The third-order valence-electron chi connectivity index (χ3n) is 4.83. The maximum Gasteiger partial charge on any atom is 0.326 e. The second-order valence-electron chi connectivity index (χ2n) is 8.40. The zero-order chi connectivity index (χ0) is 17.9. The molecule has 0 aromatic rings. The van der Waals surface area contributed by atoms with Crippen LogP contribution in [0.1, 0.15) is 59.3 Å². The highest BCUT2D eigenvalue weighted by molar-refractivity contribution is 5.86. The second kappa shape index (κ2) is 7.53. The quantitative estimate of drug-likeness (QED) is 0.776. The Hall–Kier alpha value is -1.59. The van der Waals surface area contributed by atoms with E-state index in [9.17, 15) is 19.5 Å². The Balaban J connectivity index is 1.88. The molecule has 0 aromatic heterocycles. The van der Waals surface area contributed by atoms with Crippen molar-refractivity contribution in [3.05, 3.63) is 0 Å². The molecule has 1 aliphatic heterocycles. The van der Waals surface area contributed by atoms with Crippen molar-refractivity contribution >= 4 is 17.8 Å². The fourth-order valence-electron chi connectivity index (χ4n) is 3.10. The molecule has 1 saturated heterocycles. The molecule has 2 fully saturated rings. The van der Waals surface area contributed by atoms with E-state index in [2.05, 4.69) is 26.1 Å². The molecule has 2 aliphatic rings. The Labute approximate surface area is 144 Å². The third kappa shape index (κ3) is 5.49. The van der Waals surface area contributed by atoms with E-state index in [1.54, 1.807) is 4.90 Å². The molecule has 0 spiro atoms. The van der Waals surface area contributed by atoms with Gasteiger partial charge in [-0.15, -0.1) is 0 Å². The molecule has 136 valence electrons. The van der Waals surface area contributed by atoms with E-state index in [0.29, 0.717) is 25.9 Å². The Morgan fingerprint density at radius 1 is 1.17 bits per heavy atom. The van der Waals surface area contributed by atoms with Crippen LogP contribution < -0.4 is 5.32 Å². The van der Waals surface area contributed by atoms with Gasteiger partial charge in [-0.25, -0.2) is 4.79 Å². The monoisotopic (exact) mass is 338 g/mol. The Morgan fingerprint density at radius 2 is 1.83 bits per heavy atom. The lowest BCUT2D eigenvalue weighted by molar-refractivity contribution is -0.144. The van der Waals surface area contributed by atoms with Crippen LogP contribution in [0.3, 0.4) is 0 Å². The molecule has 1 saturated carbocycles. The van der Waals surface area contributed by atoms with E-state index in [-0.39, 0.29) is 29.1 Å². The minimum absolute atomic E-state index is 0.0246. The number of hydrogen-bond donors (Lipinski definition) is 2. The standard InChI is InChI=1S/C18H30N2O4/c1-18(2,3)9-8-14(17(23)24)19-15(21)13-5-4-10-20(11-13)16(22)12-6-7-12/h12-14H,4-11H2,1-3H3,(H,19,21)(H,23,24). The van der Waals surface area contributed by atoms with Gasteiger partial charge in [0.25, 0.3) is 0 Å². The van der Waals surface area contributed by atoms with Crippen molar-refractivity contribution in [2.75, 3.05) is 13.1 Å². The molecule has 6 heteroatoms. The number of amides is 2. The van der Waals surface area contributed by atoms with Gasteiger partial charge in [0.1, 0.15) is 6.04 Å². The van der Waals surface area contributed by atoms with Gasteiger partial charge in [-0.2, -0.15) is 0 Å². The Morgan fingerprint density at radius 3 is 2.38 bits per heavy atom. The first kappa shape index (κ1) is 18.7. The summed E-state index contributed by atoms with van der Waals surface area (Å²) >= 11 is 0. The molecule has 0 radical (unpaired) electrons. The number of carbonyl (C=O) groups is 3. The lowest BCUT2D eigenvalue weighted by atomic mass is 9.88. The zero-order valence-electron chi connectivity index (χ0n) is 15.0. The van der Waals surface area contributed by atoms with Crippen molar-refractivity contribution in [2.45, 2.75) is 65.3 Å². The molecule has 2 amide bonds. The summed E-state index contributed by atoms with van der Waals surface area (Å²) in [6.45, 7) is 7.29. The van der Waals surface area contributed by atoms with Crippen LogP contribution in [0.2, 0.25) is 0 Å². The minimum Gasteiger partial charge on any atom is -0.480 e.